The van der Waals surface area contributed by atoms with Gasteiger partial charge in [-0.15, -0.1) is 11.3 Å². The van der Waals surface area contributed by atoms with Crippen molar-refractivity contribution in [3.05, 3.63) is 218 Å². The summed E-state index contributed by atoms with van der Waals surface area (Å²) >= 11 is 1.85. The van der Waals surface area contributed by atoms with Crippen LogP contribution in [0.15, 0.2) is 218 Å². The molecular formula is C57H36N4S. The van der Waals surface area contributed by atoms with E-state index in [1.54, 1.807) is 0 Å². The molecule has 12 rings (SSSR count). The van der Waals surface area contributed by atoms with E-state index in [1.807, 2.05) is 47.7 Å². The van der Waals surface area contributed by atoms with Crippen LogP contribution in [0.1, 0.15) is 0 Å². The van der Waals surface area contributed by atoms with Gasteiger partial charge in [-0.05, 0) is 75.8 Å². The lowest BCUT2D eigenvalue weighted by Crippen LogP contribution is -2.01. The number of hydrogen-bond donors (Lipinski definition) is 0. The van der Waals surface area contributed by atoms with Gasteiger partial charge in [-0.2, -0.15) is 0 Å². The molecule has 0 saturated carbocycles. The number of thiophene rings is 1. The fourth-order valence-electron chi connectivity index (χ4n) is 9.03. The van der Waals surface area contributed by atoms with Gasteiger partial charge in [0.25, 0.3) is 0 Å². The summed E-state index contributed by atoms with van der Waals surface area (Å²) in [6.07, 6.45) is 0. The predicted molar refractivity (Wildman–Crippen MR) is 260 cm³/mol. The lowest BCUT2D eigenvalue weighted by Gasteiger charge is -2.16. The molecule has 0 aliphatic heterocycles. The number of benzene rings is 9. The Balaban J connectivity index is 1.15. The summed E-state index contributed by atoms with van der Waals surface area (Å²) in [5.74, 6) is 1.88. The van der Waals surface area contributed by atoms with Crippen LogP contribution in [0.3, 0.4) is 0 Å². The Morgan fingerprint density at radius 3 is 1.56 bits per heavy atom. The Morgan fingerprint density at radius 1 is 0.306 bits per heavy atom. The fourth-order valence-corrected chi connectivity index (χ4v) is 10.2. The zero-order valence-corrected chi connectivity index (χ0v) is 34.3. The van der Waals surface area contributed by atoms with E-state index in [0.29, 0.717) is 17.5 Å². The van der Waals surface area contributed by atoms with Crippen LogP contribution in [0, 0.1) is 0 Å². The van der Waals surface area contributed by atoms with Crippen LogP contribution in [0.4, 0.5) is 0 Å². The summed E-state index contributed by atoms with van der Waals surface area (Å²) < 4.78 is 4.89. The zero-order chi connectivity index (χ0) is 41.0. The maximum atomic E-state index is 5.32. The molecule has 12 aromatic rings. The molecule has 62 heavy (non-hydrogen) atoms. The lowest BCUT2D eigenvalue weighted by atomic mass is 9.89. The minimum atomic E-state index is 0.620. The Hall–Kier alpha value is -7.99. The number of aromatic nitrogens is 4. The van der Waals surface area contributed by atoms with Crippen molar-refractivity contribution in [2.45, 2.75) is 0 Å². The largest absolute Gasteiger partial charge is 0.309 e. The summed E-state index contributed by atoms with van der Waals surface area (Å²) in [6, 6.07) is 77.5. The first-order valence-electron chi connectivity index (χ1n) is 20.9. The SMILES string of the molecule is c1ccc(-c2nc(-c3ccccc3)nc(-c3cc(-c4ccccc4-c4ccccc4)ccc3-c3cccc4sc5cc6c7ccccc7n(-c7ccccc7)c6cc5c34)n2)cc1. The molecule has 0 aliphatic rings. The van der Waals surface area contributed by atoms with E-state index in [1.165, 1.54) is 53.1 Å². The smallest absolute Gasteiger partial charge is 0.164 e. The van der Waals surface area contributed by atoms with Crippen molar-refractivity contribution >= 4 is 53.3 Å². The standard InChI is InChI=1S/C57H36N4S/c1-5-18-37(19-6-1)42-26-13-14-27-43(42)40-32-33-44(48(34-40)57-59-55(38-20-7-2-8-21-38)58-56(60-57)39-22-9-3-10-23-39)46-29-17-31-52-54(46)49-35-51-47(36-53(49)62-52)45-28-15-16-30-50(45)61(51)41-24-11-4-12-25-41/h1-36H. The molecule has 0 saturated heterocycles. The van der Waals surface area contributed by atoms with E-state index in [-0.39, 0.29) is 0 Å². The third-order valence-corrected chi connectivity index (χ3v) is 13.0. The molecule has 9 aromatic carbocycles. The van der Waals surface area contributed by atoms with Crippen LogP contribution in [0.5, 0.6) is 0 Å². The molecule has 0 unspecified atom stereocenters. The normalized spacial score (nSPS) is 11.5. The van der Waals surface area contributed by atoms with Gasteiger partial charge in [-0.1, -0.05) is 176 Å². The van der Waals surface area contributed by atoms with Crippen molar-refractivity contribution in [1.29, 1.82) is 0 Å². The molecule has 5 heteroatoms. The monoisotopic (exact) mass is 808 g/mol. The Labute approximate surface area is 362 Å². The highest BCUT2D eigenvalue weighted by Gasteiger charge is 2.22. The van der Waals surface area contributed by atoms with Crippen molar-refractivity contribution in [2.24, 2.45) is 0 Å². The molecule has 0 aliphatic carbocycles. The van der Waals surface area contributed by atoms with Crippen molar-refractivity contribution in [3.63, 3.8) is 0 Å². The third-order valence-electron chi connectivity index (χ3n) is 11.9. The Morgan fingerprint density at radius 2 is 0.871 bits per heavy atom. The predicted octanol–water partition coefficient (Wildman–Crippen LogP) is 15.3. The van der Waals surface area contributed by atoms with Crippen molar-refractivity contribution in [3.8, 4) is 73.2 Å². The van der Waals surface area contributed by atoms with Crippen molar-refractivity contribution in [1.82, 2.24) is 19.5 Å². The molecule has 0 fully saturated rings. The summed E-state index contributed by atoms with van der Waals surface area (Å²) in [7, 11) is 0. The minimum Gasteiger partial charge on any atom is -0.309 e. The number of nitrogens with zero attached hydrogens (tertiary/aromatic N) is 4. The highest BCUT2D eigenvalue weighted by atomic mass is 32.1. The second kappa shape index (κ2) is 14.9. The molecule has 0 atom stereocenters. The van der Waals surface area contributed by atoms with Gasteiger partial charge < -0.3 is 4.57 Å². The van der Waals surface area contributed by atoms with E-state index in [9.17, 15) is 0 Å². The molecule has 0 N–H and O–H groups in total. The summed E-state index contributed by atoms with van der Waals surface area (Å²) in [6.45, 7) is 0. The van der Waals surface area contributed by atoms with Crippen LogP contribution in [-0.2, 0) is 0 Å². The second-order valence-corrected chi connectivity index (χ2v) is 16.6. The van der Waals surface area contributed by atoms with E-state index in [4.69, 9.17) is 15.0 Å². The van der Waals surface area contributed by atoms with Gasteiger partial charge in [0.2, 0.25) is 0 Å². The van der Waals surface area contributed by atoms with Crippen molar-refractivity contribution in [2.75, 3.05) is 0 Å². The fraction of sp³-hybridized carbons (Fsp3) is 0. The van der Waals surface area contributed by atoms with E-state index >= 15 is 0 Å². The molecule has 3 aromatic heterocycles. The van der Waals surface area contributed by atoms with Crippen LogP contribution in [0.25, 0.3) is 115 Å². The van der Waals surface area contributed by atoms with E-state index in [2.05, 4.69) is 187 Å². The van der Waals surface area contributed by atoms with Gasteiger partial charge in [0.15, 0.2) is 17.5 Å². The topological polar surface area (TPSA) is 43.6 Å². The number of rotatable bonds is 7. The molecule has 0 spiro atoms. The highest BCUT2D eigenvalue weighted by Crippen LogP contribution is 2.46. The van der Waals surface area contributed by atoms with Gasteiger partial charge >= 0.3 is 0 Å². The average molecular weight is 809 g/mol. The lowest BCUT2D eigenvalue weighted by molar-refractivity contribution is 1.07. The maximum Gasteiger partial charge on any atom is 0.164 e. The number of para-hydroxylation sites is 2. The van der Waals surface area contributed by atoms with Crippen molar-refractivity contribution < 1.29 is 0 Å². The average Bonchev–Trinajstić information content (AvgIpc) is 3.89. The first-order valence-corrected chi connectivity index (χ1v) is 21.7. The first-order chi connectivity index (χ1) is 30.7. The summed E-state index contributed by atoms with van der Waals surface area (Å²) in [5.41, 5.74) is 13.1. The van der Waals surface area contributed by atoms with Crippen LogP contribution in [0.2, 0.25) is 0 Å². The molecule has 0 amide bonds. The first kappa shape index (κ1) is 35.9. The van der Waals surface area contributed by atoms with Crippen LogP contribution >= 0.6 is 11.3 Å². The van der Waals surface area contributed by atoms with Gasteiger partial charge in [-0.3, -0.25) is 0 Å². The molecule has 290 valence electrons. The van der Waals surface area contributed by atoms with Crippen LogP contribution in [-0.4, -0.2) is 19.5 Å². The highest BCUT2D eigenvalue weighted by molar-refractivity contribution is 7.26. The van der Waals surface area contributed by atoms with Gasteiger partial charge in [0.1, 0.15) is 0 Å². The third kappa shape index (κ3) is 6.09. The summed E-state index contributed by atoms with van der Waals surface area (Å²) in [5, 5.41) is 4.94. The second-order valence-electron chi connectivity index (χ2n) is 15.5. The molecule has 4 nitrogen and oxygen atoms in total. The number of hydrogen-bond acceptors (Lipinski definition) is 4. The maximum absolute atomic E-state index is 5.32. The zero-order valence-electron chi connectivity index (χ0n) is 33.5. The Kier molecular flexibility index (Phi) is 8.65. The molecule has 0 radical (unpaired) electrons. The van der Waals surface area contributed by atoms with E-state index < -0.39 is 0 Å². The van der Waals surface area contributed by atoms with E-state index in [0.717, 1.165) is 44.6 Å². The molecular weight excluding hydrogens is 773 g/mol. The quantitative estimate of drug-likeness (QED) is 0.161. The molecule has 0 bridgehead atoms. The minimum absolute atomic E-state index is 0.620. The summed E-state index contributed by atoms with van der Waals surface area (Å²) in [4.78, 5) is 15.7. The molecule has 3 heterocycles. The number of fused-ring (bicyclic) bond motifs is 6. The van der Waals surface area contributed by atoms with Gasteiger partial charge in [0, 0.05) is 53.3 Å². The van der Waals surface area contributed by atoms with Gasteiger partial charge in [0.05, 0.1) is 11.0 Å². The van der Waals surface area contributed by atoms with Gasteiger partial charge in [-0.25, -0.2) is 15.0 Å². The van der Waals surface area contributed by atoms with Crippen LogP contribution < -0.4 is 0 Å². The Bertz CT molecular complexity index is 3560.